The van der Waals surface area contributed by atoms with Crippen molar-refractivity contribution in [1.82, 2.24) is 0 Å². The van der Waals surface area contributed by atoms with Crippen LogP contribution in [0, 0.1) is 5.82 Å². The van der Waals surface area contributed by atoms with Gasteiger partial charge in [-0.2, -0.15) is 0 Å². The molecule has 1 aromatic carbocycles. The lowest BCUT2D eigenvalue weighted by Crippen LogP contribution is -2.00. The maximum Gasteiger partial charge on any atom is 0.130 e. The van der Waals surface area contributed by atoms with Gasteiger partial charge in [-0.3, -0.25) is 0 Å². The molecule has 0 spiro atoms. The monoisotopic (exact) mass is 196 g/mol. The third-order valence-corrected chi connectivity index (χ3v) is 2.30. The van der Waals surface area contributed by atoms with Gasteiger partial charge < -0.3 is 5.11 Å². The molecule has 1 nitrogen and oxygen atoms in total. The van der Waals surface area contributed by atoms with Gasteiger partial charge in [0.15, 0.2) is 0 Å². The van der Waals surface area contributed by atoms with Crippen molar-refractivity contribution in [3.8, 4) is 5.75 Å². The number of halogens is 1. The van der Waals surface area contributed by atoms with Gasteiger partial charge in [0.2, 0.25) is 0 Å². The van der Waals surface area contributed by atoms with E-state index in [2.05, 4.69) is 0 Å². The molecule has 0 aliphatic rings. The average Bonchev–Trinajstić information content (AvgIpc) is 2.01. The lowest BCUT2D eigenvalue weighted by Gasteiger charge is -2.13. The SMILES string of the molecule is CCCc1cc(O)cc(F)c1C(C)C. The van der Waals surface area contributed by atoms with Crippen LogP contribution in [-0.2, 0) is 6.42 Å². The van der Waals surface area contributed by atoms with E-state index in [1.807, 2.05) is 20.8 Å². The largest absolute Gasteiger partial charge is 0.508 e. The molecule has 0 aromatic heterocycles. The summed E-state index contributed by atoms with van der Waals surface area (Å²) >= 11 is 0. The summed E-state index contributed by atoms with van der Waals surface area (Å²) in [5.41, 5.74) is 1.67. The molecule has 0 heterocycles. The van der Waals surface area contributed by atoms with E-state index >= 15 is 0 Å². The summed E-state index contributed by atoms with van der Waals surface area (Å²) in [6.07, 6.45) is 1.78. The molecule has 0 bridgehead atoms. The second-order valence-electron chi connectivity index (χ2n) is 3.91. The number of phenolic OH excluding ortho intramolecular Hbond substituents is 1. The van der Waals surface area contributed by atoms with E-state index in [-0.39, 0.29) is 17.5 Å². The molecule has 1 N–H and O–H groups in total. The predicted octanol–water partition coefficient (Wildman–Crippen LogP) is 3.61. The summed E-state index contributed by atoms with van der Waals surface area (Å²) in [7, 11) is 0. The highest BCUT2D eigenvalue weighted by molar-refractivity contribution is 5.38. The molecule has 78 valence electrons. The summed E-state index contributed by atoms with van der Waals surface area (Å²) in [4.78, 5) is 0. The van der Waals surface area contributed by atoms with Crippen molar-refractivity contribution < 1.29 is 9.50 Å². The lowest BCUT2D eigenvalue weighted by atomic mass is 9.94. The van der Waals surface area contributed by atoms with Crippen LogP contribution in [0.5, 0.6) is 5.75 Å². The fourth-order valence-corrected chi connectivity index (χ4v) is 1.78. The Morgan fingerprint density at radius 2 is 2.00 bits per heavy atom. The Morgan fingerprint density at radius 1 is 1.36 bits per heavy atom. The summed E-state index contributed by atoms with van der Waals surface area (Å²) < 4.78 is 13.5. The molecule has 0 unspecified atom stereocenters. The molecule has 1 aromatic rings. The van der Waals surface area contributed by atoms with Crippen LogP contribution in [-0.4, -0.2) is 5.11 Å². The van der Waals surface area contributed by atoms with E-state index in [0.717, 1.165) is 24.0 Å². The minimum Gasteiger partial charge on any atom is -0.508 e. The first kappa shape index (κ1) is 11.0. The molecular weight excluding hydrogens is 179 g/mol. The first-order valence-corrected chi connectivity index (χ1v) is 5.07. The normalized spacial score (nSPS) is 10.9. The van der Waals surface area contributed by atoms with Gasteiger partial charge in [-0.05, 0) is 29.5 Å². The maximum atomic E-state index is 13.5. The summed E-state index contributed by atoms with van der Waals surface area (Å²) in [5, 5.41) is 9.29. The Bertz CT molecular complexity index is 318. The molecule has 0 aliphatic carbocycles. The van der Waals surface area contributed by atoms with Crippen LogP contribution in [0.15, 0.2) is 12.1 Å². The van der Waals surface area contributed by atoms with Gasteiger partial charge in [0.05, 0.1) is 0 Å². The zero-order chi connectivity index (χ0) is 10.7. The van der Waals surface area contributed by atoms with Gasteiger partial charge in [-0.15, -0.1) is 0 Å². The predicted molar refractivity (Wildman–Crippen MR) is 56.1 cm³/mol. The number of benzene rings is 1. The van der Waals surface area contributed by atoms with Crippen LogP contribution < -0.4 is 0 Å². The number of phenols is 1. The Balaban J connectivity index is 3.21. The molecule has 0 saturated carbocycles. The van der Waals surface area contributed by atoms with Crippen molar-refractivity contribution in [3.05, 3.63) is 29.1 Å². The van der Waals surface area contributed by atoms with E-state index in [9.17, 15) is 9.50 Å². The van der Waals surface area contributed by atoms with E-state index in [4.69, 9.17) is 0 Å². The van der Waals surface area contributed by atoms with Crippen molar-refractivity contribution in [3.63, 3.8) is 0 Å². The summed E-state index contributed by atoms with van der Waals surface area (Å²) in [6.45, 7) is 5.98. The van der Waals surface area contributed by atoms with Gasteiger partial charge >= 0.3 is 0 Å². The average molecular weight is 196 g/mol. The van der Waals surface area contributed by atoms with Gasteiger partial charge in [-0.1, -0.05) is 27.2 Å². The van der Waals surface area contributed by atoms with Crippen molar-refractivity contribution in [2.75, 3.05) is 0 Å². The Hall–Kier alpha value is -1.05. The third kappa shape index (κ3) is 2.25. The van der Waals surface area contributed by atoms with E-state index in [0.29, 0.717) is 0 Å². The second-order valence-corrected chi connectivity index (χ2v) is 3.91. The summed E-state index contributed by atoms with van der Waals surface area (Å²) in [5.74, 6) is -0.101. The fourth-order valence-electron chi connectivity index (χ4n) is 1.78. The standard InChI is InChI=1S/C12H17FO/c1-4-5-9-6-10(14)7-11(13)12(9)8(2)3/h6-8,14H,4-5H2,1-3H3. The van der Waals surface area contributed by atoms with Crippen LogP contribution in [0.3, 0.4) is 0 Å². The van der Waals surface area contributed by atoms with E-state index < -0.39 is 0 Å². The van der Waals surface area contributed by atoms with Crippen LogP contribution in [0.4, 0.5) is 4.39 Å². The zero-order valence-electron chi connectivity index (χ0n) is 8.97. The number of hydrogen-bond acceptors (Lipinski definition) is 1. The zero-order valence-corrected chi connectivity index (χ0v) is 8.97. The molecule has 2 heteroatoms. The highest BCUT2D eigenvalue weighted by atomic mass is 19.1. The topological polar surface area (TPSA) is 20.2 Å². The Kier molecular flexibility index (Phi) is 3.50. The highest BCUT2D eigenvalue weighted by Crippen LogP contribution is 2.27. The first-order chi connectivity index (χ1) is 6.56. The molecule has 14 heavy (non-hydrogen) atoms. The van der Waals surface area contributed by atoms with Gasteiger partial charge in [0, 0.05) is 6.07 Å². The minimum atomic E-state index is -0.288. The van der Waals surface area contributed by atoms with Crippen LogP contribution >= 0.6 is 0 Å². The van der Waals surface area contributed by atoms with Crippen LogP contribution in [0.25, 0.3) is 0 Å². The van der Waals surface area contributed by atoms with Crippen LogP contribution in [0.2, 0.25) is 0 Å². The molecule has 0 aliphatic heterocycles. The summed E-state index contributed by atoms with van der Waals surface area (Å²) in [6, 6.07) is 2.86. The molecule has 0 atom stereocenters. The van der Waals surface area contributed by atoms with Crippen LogP contribution in [0.1, 0.15) is 44.2 Å². The molecular formula is C12H17FO. The molecule has 1 rings (SSSR count). The number of rotatable bonds is 3. The van der Waals surface area contributed by atoms with E-state index in [1.165, 1.54) is 6.07 Å². The minimum absolute atomic E-state index is 0.0235. The van der Waals surface area contributed by atoms with Gasteiger partial charge in [-0.25, -0.2) is 4.39 Å². The maximum absolute atomic E-state index is 13.5. The van der Waals surface area contributed by atoms with Crippen molar-refractivity contribution in [2.45, 2.75) is 39.5 Å². The highest BCUT2D eigenvalue weighted by Gasteiger charge is 2.13. The smallest absolute Gasteiger partial charge is 0.130 e. The molecule has 0 saturated heterocycles. The molecule has 0 radical (unpaired) electrons. The van der Waals surface area contributed by atoms with Crippen molar-refractivity contribution in [1.29, 1.82) is 0 Å². The van der Waals surface area contributed by atoms with Gasteiger partial charge in [0.25, 0.3) is 0 Å². The quantitative estimate of drug-likeness (QED) is 0.783. The number of aryl methyl sites for hydroxylation is 1. The van der Waals surface area contributed by atoms with Crippen molar-refractivity contribution in [2.24, 2.45) is 0 Å². The number of hydrogen-bond donors (Lipinski definition) is 1. The first-order valence-electron chi connectivity index (χ1n) is 5.07. The Labute approximate surface area is 84.6 Å². The number of aromatic hydroxyl groups is 1. The lowest BCUT2D eigenvalue weighted by molar-refractivity contribution is 0.465. The third-order valence-electron chi connectivity index (χ3n) is 2.30. The van der Waals surface area contributed by atoms with Gasteiger partial charge in [0.1, 0.15) is 11.6 Å². The molecule has 0 amide bonds. The van der Waals surface area contributed by atoms with Crippen molar-refractivity contribution >= 4 is 0 Å². The second kappa shape index (κ2) is 4.45. The molecule has 0 fully saturated rings. The Morgan fingerprint density at radius 3 is 2.50 bits per heavy atom. The van der Waals surface area contributed by atoms with E-state index in [1.54, 1.807) is 6.07 Å². The fraction of sp³-hybridized carbons (Fsp3) is 0.500.